The summed E-state index contributed by atoms with van der Waals surface area (Å²) in [6.45, 7) is 2.27. The number of urea groups is 1. The number of esters is 1. The molecule has 0 aliphatic carbocycles. The molecule has 8 nitrogen and oxygen atoms in total. The first kappa shape index (κ1) is 17.9. The zero-order chi connectivity index (χ0) is 15.4. The Morgan fingerprint density at radius 3 is 2.35 bits per heavy atom. The van der Waals surface area contributed by atoms with Crippen LogP contribution in [0.4, 0.5) is 4.79 Å². The molecule has 3 amide bonds. The van der Waals surface area contributed by atoms with Gasteiger partial charge in [0.05, 0.1) is 6.61 Å². The van der Waals surface area contributed by atoms with Crippen molar-refractivity contribution in [2.24, 2.45) is 0 Å². The number of carbonyl (C=O) groups excluding carboxylic acids is 3. The number of carboxylic acid groups (broad SMARTS) is 1. The van der Waals surface area contributed by atoms with Gasteiger partial charge in [-0.2, -0.15) is 0 Å². The minimum atomic E-state index is -0.985. The summed E-state index contributed by atoms with van der Waals surface area (Å²) >= 11 is 0. The SMILES string of the molecule is CCOC(=O)CCCNC(=O)NC(=O)CCCC(=O)O. The Labute approximate surface area is 116 Å². The number of hydrogen-bond donors (Lipinski definition) is 3. The second-order valence-electron chi connectivity index (χ2n) is 3.96. The average Bonchev–Trinajstić information content (AvgIpc) is 2.34. The van der Waals surface area contributed by atoms with Crippen LogP contribution in [0.5, 0.6) is 0 Å². The van der Waals surface area contributed by atoms with Gasteiger partial charge >= 0.3 is 18.0 Å². The molecule has 0 fully saturated rings. The molecule has 0 aromatic rings. The molecule has 0 spiro atoms. The fourth-order valence-corrected chi connectivity index (χ4v) is 1.30. The van der Waals surface area contributed by atoms with Crippen molar-refractivity contribution in [2.45, 2.75) is 39.0 Å². The highest BCUT2D eigenvalue weighted by atomic mass is 16.5. The molecule has 114 valence electrons. The molecule has 0 unspecified atom stereocenters. The van der Waals surface area contributed by atoms with Crippen LogP contribution in [0.3, 0.4) is 0 Å². The van der Waals surface area contributed by atoms with Gasteiger partial charge in [-0.3, -0.25) is 19.7 Å². The standard InChI is InChI=1S/C12H20N2O6/c1-2-20-11(18)7-4-8-13-12(19)14-9(15)5-3-6-10(16)17/h2-8H2,1H3,(H,16,17)(H2,13,14,15,19). The lowest BCUT2D eigenvalue weighted by molar-refractivity contribution is -0.143. The van der Waals surface area contributed by atoms with E-state index in [4.69, 9.17) is 9.84 Å². The van der Waals surface area contributed by atoms with E-state index >= 15 is 0 Å². The van der Waals surface area contributed by atoms with E-state index < -0.39 is 17.9 Å². The highest BCUT2D eigenvalue weighted by Gasteiger charge is 2.08. The van der Waals surface area contributed by atoms with E-state index in [-0.39, 0.29) is 38.2 Å². The molecule has 0 saturated heterocycles. The van der Waals surface area contributed by atoms with Gasteiger partial charge in [-0.15, -0.1) is 0 Å². The molecule has 0 bridgehead atoms. The first-order chi connectivity index (χ1) is 9.45. The number of imide groups is 1. The number of hydrogen-bond acceptors (Lipinski definition) is 5. The van der Waals surface area contributed by atoms with Crippen molar-refractivity contribution in [3.05, 3.63) is 0 Å². The van der Waals surface area contributed by atoms with Crippen molar-refractivity contribution in [3.63, 3.8) is 0 Å². The Bertz CT molecular complexity index is 356. The smallest absolute Gasteiger partial charge is 0.321 e. The molecule has 0 aliphatic rings. The molecule has 20 heavy (non-hydrogen) atoms. The molecular weight excluding hydrogens is 268 g/mol. The van der Waals surface area contributed by atoms with Gasteiger partial charge in [0.1, 0.15) is 0 Å². The van der Waals surface area contributed by atoms with Crippen molar-refractivity contribution < 1.29 is 29.0 Å². The summed E-state index contributed by atoms with van der Waals surface area (Å²) in [5.41, 5.74) is 0. The highest BCUT2D eigenvalue weighted by molar-refractivity contribution is 5.94. The second kappa shape index (κ2) is 10.8. The van der Waals surface area contributed by atoms with Crippen LogP contribution in [0.15, 0.2) is 0 Å². The summed E-state index contributed by atoms with van der Waals surface area (Å²) < 4.78 is 4.71. The van der Waals surface area contributed by atoms with Crippen LogP contribution in [0.25, 0.3) is 0 Å². The predicted octanol–water partition coefficient (Wildman–Crippen LogP) is 0.410. The van der Waals surface area contributed by atoms with E-state index in [1.807, 2.05) is 0 Å². The number of rotatable bonds is 9. The van der Waals surface area contributed by atoms with Crippen LogP contribution in [-0.4, -0.2) is 42.1 Å². The predicted molar refractivity (Wildman–Crippen MR) is 68.9 cm³/mol. The van der Waals surface area contributed by atoms with E-state index in [0.717, 1.165) is 0 Å². The molecular formula is C12H20N2O6. The Hall–Kier alpha value is -2.12. The lowest BCUT2D eigenvalue weighted by atomic mass is 10.2. The molecule has 0 saturated carbocycles. The second-order valence-corrected chi connectivity index (χ2v) is 3.96. The quantitative estimate of drug-likeness (QED) is 0.417. The Balaban J connectivity index is 3.60. The summed E-state index contributed by atoms with van der Waals surface area (Å²) in [6.07, 6.45) is 0.647. The van der Waals surface area contributed by atoms with Gasteiger partial charge in [-0.05, 0) is 19.8 Å². The molecule has 0 rings (SSSR count). The highest BCUT2D eigenvalue weighted by Crippen LogP contribution is 1.95. The van der Waals surface area contributed by atoms with Crippen LogP contribution in [-0.2, 0) is 19.1 Å². The first-order valence-electron chi connectivity index (χ1n) is 6.40. The van der Waals surface area contributed by atoms with Crippen molar-refractivity contribution in [1.82, 2.24) is 10.6 Å². The number of ether oxygens (including phenoxy) is 1. The Kier molecular flexibility index (Phi) is 9.63. The number of nitrogens with one attached hydrogen (secondary N) is 2. The molecule has 0 aromatic heterocycles. The third-order valence-electron chi connectivity index (χ3n) is 2.20. The van der Waals surface area contributed by atoms with E-state index in [9.17, 15) is 19.2 Å². The first-order valence-corrected chi connectivity index (χ1v) is 6.40. The Morgan fingerprint density at radius 2 is 1.75 bits per heavy atom. The topological polar surface area (TPSA) is 122 Å². The molecule has 0 atom stereocenters. The van der Waals surface area contributed by atoms with E-state index in [0.29, 0.717) is 13.0 Å². The van der Waals surface area contributed by atoms with Crippen LogP contribution < -0.4 is 10.6 Å². The van der Waals surface area contributed by atoms with Crippen LogP contribution in [0.2, 0.25) is 0 Å². The van der Waals surface area contributed by atoms with E-state index in [1.54, 1.807) is 6.92 Å². The largest absolute Gasteiger partial charge is 0.481 e. The fourth-order valence-electron chi connectivity index (χ4n) is 1.30. The third-order valence-corrected chi connectivity index (χ3v) is 2.20. The summed E-state index contributed by atoms with van der Waals surface area (Å²) in [5.74, 6) is -1.85. The molecule has 0 heterocycles. The average molecular weight is 288 g/mol. The maximum atomic E-state index is 11.2. The zero-order valence-corrected chi connectivity index (χ0v) is 11.4. The fraction of sp³-hybridized carbons (Fsp3) is 0.667. The third kappa shape index (κ3) is 11.0. The maximum absolute atomic E-state index is 11.2. The molecule has 0 radical (unpaired) electrons. The van der Waals surface area contributed by atoms with Gasteiger partial charge in [-0.1, -0.05) is 0 Å². The van der Waals surface area contributed by atoms with Crippen LogP contribution in [0, 0.1) is 0 Å². The normalized spacial score (nSPS) is 9.65. The van der Waals surface area contributed by atoms with Gasteiger partial charge in [0.25, 0.3) is 0 Å². The van der Waals surface area contributed by atoms with E-state index in [2.05, 4.69) is 10.6 Å². The number of amides is 3. The van der Waals surface area contributed by atoms with E-state index in [1.165, 1.54) is 0 Å². The summed E-state index contributed by atoms with van der Waals surface area (Å²) in [6, 6.07) is -0.658. The minimum Gasteiger partial charge on any atom is -0.481 e. The van der Waals surface area contributed by atoms with Crippen LogP contribution >= 0.6 is 0 Å². The van der Waals surface area contributed by atoms with Gasteiger partial charge in [0.2, 0.25) is 5.91 Å². The lowest BCUT2D eigenvalue weighted by Crippen LogP contribution is -2.39. The number of carbonyl (C=O) groups is 4. The zero-order valence-electron chi connectivity index (χ0n) is 11.4. The maximum Gasteiger partial charge on any atom is 0.321 e. The van der Waals surface area contributed by atoms with Crippen molar-refractivity contribution in [1.29, 1.82) is 0 Å². The summed E-state index contributed by atoms with van der Waals surface area (Å²) in [4.78, 5) is 43.7. The van der Waals surface area contributed by atoms with Gasteiger partial charge in [0, 0.05) is 25.8 Å². The number of aliphatic carboxylic acids is 1. The Morgan fingerprint density at radius 1 is 1.05 bits per heavy atom. The van der Waals surface area contributed by atoms with Gasteiger partial charge < -0.3 is 15.2 Å². The van der Waals surface area contributed by atoms with Crippen molar-refractivity contribution in [3.8, 4) is 0 Å². The lowest BCUT2D eigenvalue weighted by Gasteiger charge is -2.06. The molecule has 0 aromatic carbocycles. The summed E-state index contributed by atoms with van der Waals surface area (Å²) in [5, 5.41) is 12.9. The molecule has 3 N–H and O–H groups in total. The monoisotopic (exact) mass is 288 g/mol. The minimum absolute atomic E-state index is 0.0253. The molecule has 0 aliphatic heterocycles. The number of carboxylic acids is 1. The van der Waals surface area contributed by atoms with Crippen molar-refractivity contribution >= 4 is 23.9 Å². The van der Waals surface area contributed by atoms with Gasteiger partial charge in [0.15, 0.2) is 0 Å². The molecule has 8 heteroatoms. The van der Waals surface area contributed by atoms with Crippen LogP contribution in [0.1, 0.15) is 39.0 Å². The summed E-state index contributed by atoms with van der Waals surface area (Å²) in [7, 11) is 0. The van der Waals surface area contributed by atoms with Gasteiger partial charge in [-0.25, -0.2) is 4.79 Å². The van der Waals surface area contributed by atoms with Crippen molar-refractivity contribution in [2.75, 3.05) is 13.2 Å².